The third kappa shape index (κ3) is 1.07. The van der Waals surface area contributed by atoms with Crippen LogP contribution < -0.4 is 5.01 Å². The molecule has 0 fully saturated rings. The Morgan fingerprint density at radius 1 is 1.29 bits per heavy atom. The topological polar surface area (TPSA) is 66.8 Å². The van der Waals surface area contributed by atoms with Gasteiger partial charge in [0.2, 0.25) is 0 Å². The maximum Gasteiger partial charge on any atom is 0.322 e. The molecule has 1 amide bonds. The van der Waals surface area contributed by atoms with E-state index in [0.29, 0.717) is 9.48 Å². The number of Topliss-reactive ketones (excluding diaryl/α,β-unsaturated/α-hetero) is 1. The summed E-state index contributed by atoms with van der Waals surface area (Å²) in [5, 5.41) is 3.05. The van der Waals surface area contributed by atoms with E-state index in [0.717, 1.165) is 0 Å². The van der Waals surface area contributed by atoms with Crippen molar-refractivity contribution in [3.8, 4) is 0 Å². The van der Waals surface area contributed by atoms with Crippen LogP contribution in [0, 0.1) is 4.91 Å². The van der Waals surface area contributed by atoms with Gasteiger partial charge in [0.05, 0.1) is 16.5 Å². The Morgan fingerprint density at radius 3 is 2.64 bits per heavy atom. The number of nitroso groups, excluding NO2 is 1. The van der Waals surface area contributed by atoms with Gasteiger partial charge in [0, 0.05) is 4.47 Å². The zero-order valence-corrected chi connectivity index (χ0v) is 8.32. The summed E-state index contributed by atoms with van der Waals surface area (Å²) < 4.78 is 0.671. The van der Waals surface area contributed by atoms with Crippen molar-refractivity contribution in [2.45, 2.75) is 0 Å². The highest BCUT2D eigenvalue weighted by molar-refractivity contribution is 9.10. The number of rotatable bonds is 1. The summed E-state index contributed by atoms with van der Waals surface area (Å²) in [6.07, 6.45) is 0. The van der Waals surface area contributed by atoms with E-state index in [1.807, 2.05) is 0 Å². The van der Waals surface area contributed by atoms with Crippen LogP contribution in [0.2, 0.25) is 0 Å². The van der Waals surface area contributed by atoms with Gasteiger partial charge in [0.25, 0.3) is 5.78 Å². The molecular weight excluding hydrogens is 252 g/mol. The Labute approximate surface area is 86.8 Å². The number of fused-ring (bicyclic) bond motifs is 1. The molecule has 14 heavy (non-hydrogen) atoms. The number of anilines is 1. The monoisotopic (exact) mass is 254 g/mol. The van der Waals surface area contributed by atoms with E-state index in [-0.39, 0.29) is 11.3 Å². The molecule has 5 nitrogen and oxygen atoms in total. The van der Waals surface area contributed by atoms with Gasteiger partial charge in [-0.15, -0.1) is 4.91 Å². The summed E-state index contributed by atoms with van der Waals surface area (Å²) in [4.78, 5) is 32.8. The SMILES string of the molecule is O=NN1C(=O)C(=O)c2cc(Br)ccc21. The van der Waals surface area contributed by atoms with Crippen LogP contribution >= 0.6 is 15.9 Å². The Balaban J connectivity index is 2.67. The Kier molecular flexibility index (Phi) is 1.92. The maximum absolute atomic E-state index is 11.3. The lowest BCUT2D eigenvalue weighted by molar-refractivity contribution is -0.114. The molecule has 70 valence electrons. The van der Waals surface area contributed by atoms with Gasteiger partial charge in [-0.05, 0) is 18.2 Å². The predicted molar refractivity (Wildman–Crippen MR) is 51.8 cm³/mol. The number of amides is 1. The molecule has 1 aromatic carbocycles. The molecule has 1 aromatic rings. The van der Waals surface area contributed by atoms with E-state index in [2.05, 4.69) is 21.2 Å². The first-order chi connectivity index (χ1) is 6.65. The maximum atomic E-state index is 11.3. The smallest absolute Gasteiger partial charge is 0.283 e. The standard InChI is InChI=1S/C8H3BrN2O3/c9-4-1-2-6-5(3-4)7(12)8(13)11(6)10-14/h1-3H. The van der Waals surface area contributed by atoms with Crippen molar-refractivity contribution in [2.75, 3.05) is 5.01 Å². The van der Waals surface area contributed by atoms with Gasteiger partial charge in [-0.1, -0.05) is 15.9 Å². The van der Waals surface area contributed by atoms with Crippen LogP contribution in [0.1, 0.15) is 10.4 Å². The first-order valence-electron chi connectivity index (χ1n) is 3.67. The molecule has 6 heteroatoms. The second-order valence-electron chi connectivity index (χ2n) is 2.69. The Morgan fingerprint density at radius 2 is 2.00 bits per heavy atom. The molecular formula is C8H3BrN2O3. The fraction of sp³-hybridized carbons (Fsp3) is 0. The lowest BCUT2D eigenvalue weighted by Gasteiger charge is -2.03. The van der Waals surface area contributed by atoms with E-state index in [9.17, 15) is 14.5 Å². The van der Waals surface area contributed by atoms with Crippen LogP contribution in [0.15, 0.2) is 28.0 Å². The van der Waals surface area contributed by atoms with Crippen LogP contribution in [0.5, 0.6) is 0 Å². The summed E-state index contributed by atoms with van der Waals surface area (Å²) in [6, 6.07) is 4.60. The van der Waals surface area contributed by atoms with Crippen molar-refractivity contribution in [3.63, 3.8) is 0 Å². The van der Waals surface area contributed by atoms with Crippen molar-refractivity contribution >= 4 is 33.3 Å². The Bertz CT molecular complexity index is 458. The summed E-state index contributed by atoms with van der Waals surface area (Å²) >= 11 is 3.16. The lowest BCUT2D eigenvalue weighted by Crippen LogP contribution is -2.23. The summed E-state index contributed by atoms with van der Waals surface area (Å²) in [7, 11) is 0. The van der Waals surface area contributed by atoms with Gasteiger partial charge in [-0.3, -0.25) is 9.59 Å². The van der Waals surface area contributed by atoms with Crippen LogP contribution in [-0.4, -0.2) is 11.7 Å². The van der Waals surface area contributed by atoms with E-state index in [1.54, 1.807) is 6.07 Å². The molecule has 0 atom stereocenters. The van der Waals surface area contributed by atoms with E-state index in [4.69, 9.17) is 0 Å². The van der Waals surface area contributed by atoms with Gasteiger partial charge in [0.15, 0.2) is 0 Å². The minimum atomic E-state index is -0.909. The zero-order chi connectivity index (χ0) is 10.3. The van der Waals surface area contributed by atoms with Gasteiger partial charge in [-0.2, -0.15) is 5.01 Å². The fourth-order valence-electron chi connectivity index (χ4n) is 1.28. The zero-order valence-electron chi connectivity index (χ0n) is 6.73. The van der Waals surface area contributed by atoms with Crippen molar-refractivity contribution in [1.82, 2.24) is 0 Å². The summed E-state index contributed by atoms with van der Waals surface area (Å²) in [5.41, 5.74) is 0.433. The first kappa shape index (κ1) is 9.01. The van der Waals surface area contributed by atoms with Gasteiger partial charge in [-0.25, -0.2) is 0 Å². The number of halogens is 1. The van der Waals surface area contributed by atoms with Crippen LogP contribution in [0.4, 0.5) is 5.69 Å². The highest BCUT2D eigenvalue weighted by Gasteiger charge is 2.37. The van der Waals surface area contributed by atoms with Crippen molar-refractivity contribution in [1.29, 1.82) is 0 Å². The first-order valence-corrected chi connectivity index (χ1v) is 4.46. The molecule has 0 aliphatic carbocycles. The molecule has 0 bridgehead atoms. The van der Waals surface area contributed by atoms with Crippen LogP contribution in [0.3, 0.4) is 0 Å². The minimum Gasteiger partial charge on any atom is -0.283 e. The third-order valence-corrected chi connectivity index (χ3v) is 2.39. The number of ketones is 1. The Hall–Kier alpha value is -1.56. The number of hydrogen-bond acceptors (Lipinski definition) is 4. The number of hydrogen-bond donors (Lipinski definition) is 0. The second-order valence-corrected chi connectivity index (χ2v) is 3.60. The van der Waals surface area contributed by atoms with Crippen LogP contribution in [-0.2, 0) is 4.79 Å². The minimum absolute atomic E-state index is 0.198. The number of nitrogens with zero attached hydrogens (tertiary/aromatic N) is 2. The molecule has 0 saturated heterocycles. The average molecular weight is 255 g/mol. The molecule has 0 N–H and O–H groups in total. The van der Waals surface area contributed by atoms with Gasteiger partial charge >= 0.3 is 5.91 Å². The summed E-state index contributed by atoms with van der Waals surface area (Å²) in [6.45, 7) is 0. The lowest BCUT2D eigenvalue weighted by atomic mass is 10.1. The molecule has 0 radical (unpaired) electrons. The quantitative estimate of drug-likeness (QED) is 0.566. The number of carbonyl (C=O) groups excluding carboxylic acids is 2. The second kappa shape index (κ2) is 2.98. The van der Waals surface area contributed by atoms with Crippen LogP contribution in [0.25, 0.3) is 0 Å². The molecule has 1 aliphatic heterocycles. The fourth-order valence-corrected chi connectivity index (χ4v) is 1.64. The summed E-state index contributed by atoms with van der Waals surface area (Å²) in [5.74, 6) is -1.62. The normalized spacial score (nSPS) is 14.5. The van der Waals surface area contributed by atoms with Crippen molar-refractivity contribution in [3.05, 3.63) is 33.1 Å². The number of carbonyl (C=O) groups is 2. The molecule has 2 rings (SSSR count). The molecule has 0 spiro atoms. The van der Waals surface area contributed by atoms with Crippen molar-refractivity contribution in [2.24, 2.45) is 5.29 Å². The largest absolute Gasteiger partial charge is 0.322 e. The highest BCUT2D eigenvalue weighted by atomic mass is 79.9. The molecule has 1 heterocycles. The predicted octanol–water partition coefficient (Wildman–Crippen LogP) is 1.66. The molecule has 0 saturated carbocycles. The average Bonchev–Trinajstić information content (AvgIpc) is 2.41. The van der Waals surface area contributed by atoms with Crippen molar-refractivity contribution < 1.29 is 9.59 Å². The third-order valence-electron chi connectivity index (χ3n) is 1.90. The van der Waals surface area contributed by atoms with E-state index in [1.165, 1.54) is 12.1 Å². The van der Waals surface area contributed by atoms with Gasteiger partial charge in [0.1, 0.15) is 0 Å². The van der Waals surface area contributed by atoms with E-state index >= 15 is 0 Å². The van der Waals surface area contributed by atoms with E-state index < -0.39 is 11.7 Å². The molecule has 1 aliphatic rings. The highest BCUT2D eigenvalue weighted by Crippen LogP contribution is 2.31. The molecule has 0 aromatic heterocycles. The number of benzene rings is 1. The molecule has 0 unspecified atom stereocenters. The van der Waals surface area contributed by atoms with Gasteiger partial charge < -0.3 is 0 Å².